The molecule has 1 aromatic rings. The smallest absolute Gasteiger partial charge is 0.146 e. The van der Waals surface area contributed by atoms with Crippen molar-refractivity contribution < 1.29 is 14.2 Å². The number of alkyl halides is 1. The van der Waals surface area contributed by atoms with Crippen LogP contribution in [0, 0.1) is 0 Å². The fourth-order valence-electron chi connectivity index (χ4n) is 0.932. The highest BCUT2D eigenvalue weighted by molar-refractivity contribution is 5.13. The van der Waals surface area contributed by atoms with Gasteiger partial charge in [-0.25, -0.2) is 4.39 Å². The summed E-state index contributed by atoms with van der Waals surface area (Å²) in [4.78, 5) is 0. The lowest BCUT2D eigenvalue weighted by atomic mass is 10.2. The topological polar surface area (TPSA) is 29.5 Å². The maximum Gasteiger partial charge on any atom is 0.146 e. The summed E-state index contributed by atoms with van der Waals surface area (Å²) in [7, 11) is 0. The van der Waals surface area contributed by atoms with Crippen LogP contribution in [0.1, 0.15) is 5.56 Å². The Bertz CT molecular complexity index is 226. The van der Waals surface area contributed by atoms with Crippen LogP contribution in [0.25, 0.3) is 0 Å². The minimum Gasteiger partial charge on any atom is -0.393 e. The second-order valence-electron chi connectivity index (χ2n) is 2.78. The van der Waals surface area contributed by atoms with Gasteiger partial charge < -0.3 is 9.84 Å². The first kappa shape index (κ1) is 10.2. The van der Waals surface area contributed by atoms with Crippen molar-refractivity contribution in [2.24, 2.45) is 0 Å². The van der Waals surface area contributed by atoms with Gasteiger partial charge in [0, 0.05) is 0 Å². The summed E-state index contributed by atoms with van der Waals surface area (Å²) in [6, 6.07) is 9.53. The monoisotopic (exact) mass is 184 g/mol. The molecule has 1 N–H and O–H groups in total. The zero-order valence-corrected chi connectivity index (χ0v) is 7.32. The number of benzene rings is 1. The molecule has 0 heterocycles. The summed E-state index contributed by atoms with van der Waals surface area (Å²) < 4.78 is 17.5. The molecule has 13 heavy (non-hydrogen) atoms. The molecule has 0 bridgehead atoms. The van der Waals surface area contributed by atoms with Crippen molar-refractivity contribution >= 4 is 0 Å². The molecular formula is C10H13FO2. The van der Waals surface area contributed by atoms with Gasteiger partial charge in [0.05, 0.1) is 19.8 Å². The number of hydrogen-bond donors (Lipinski definition) is 1. The van der Waals surface area contributed by atoms with E-state index in [1.165, 1.54) is 0 Å². The van der Waals surface area contributed by atoms with E-state index in [0.29, 0.717) is 6.61 Å². The molecular weight excluding hydrogens is 171 g/mol. The molecule has 1 rings (SSSR count). The number of aliphatic hydroxyl groups excluding tert-OH is 1. The Hall–Kier alpha value is -0.930. The van der Waals surface area contributed by atoms with Crippen molar-refractivity contribution in [2.75, 3.05) is 13.2 Å². The lowest BCUT2D eigenvalue weighted by molar-refractivity contribution is 0.0437. The van der Waals surface area contributed by atoms with Crippen molar-refractivity contribution in [1.82, 2.24) is 0 Å². The van der Waals surface area contributed by atoms with Crippen LogP contribution in [-0.4, -0.2) is 24.5 Å². The second-order valence-corrected chi connectivity index (χ2v) is 2.78. The van der Waals surface area contributed by atoms with Gasteiger partial charge in [0.2, 0.25) is 0 Å². The maximum absolute atomic E-state index is 12.5. The molecule has 1 atom stereocenters. The summed E-state index contributed by atoms with van der Waals surface area (Å²) in [6.07, 6.45) is -1.27. The SMILES string of the molecule is OC[C@@H](F)COCc1ccccc1. The zero-order chi connectivity index (χ0) is 9.52. The Balaban J connectivity index is 2.20. The van der Waals surface area contributed by atoms with Gasteiger partial charge in [0.15, 0.2) is 0 Å². The van der Waals surface area contributed by atoms with E-state index in [9.17, 15) is 4.39 Å². The van der Waals surface area contributed by atoms with E-state index in [1.54, 1.807) is 0 Å². The number of halogens is 1. The molecule has 1 aromatic carbocycles. The lowest BCUT2D eigenvalue weighted by Crippen LogP contribution is -2.14. The zero-order valence-electron chi connectivity index (χ0n) is 7.32. The fraction of sp³-hybridized carbons (Fsp3) is 0.400. The molecule has 0 aliphatic rings. The van der Waals surface area contributed by atoms with Crippen molar-refractivity contribution in [3.05, 3.63) is 35.9 Å². The maximum atomic E-state index is 12.5. The van der Waals surface area contributed by atoms with E-state index in [-0.39, 0.29) is 6.61 Å². The Morgan fingerprint density at radius 1 is 1.31 bits per heavy atom. The number of hydrogen-bond acceptors (Lipinski definition) is 2. The van der Waals surface area contributed by atoms with Gasteiger partial charge in [0.1, 0.15) is 6.17 Å². The van der Waals surface area contributed by atoms with E-state index in [1.807, 2.05) is 30.3 Å². The van der Waals surface area contributed by atoms with E-state index < -0.39 is 12.8 Å². The standard InChI is InChI=1S/C10H13FO2/c11-10(6-12)8-13-7-9-4-2-1-3-5-9/h1-5,10,12H,6-8H2/t10-/m1/s1. The van der Waals surface area contributed by atoms with Gasteiger partial charge in [-0.15, -0.1) is 0 Å². The molecule has 0 unspecified atom stereocenters. The van der Waals surface area contributed by atoms with Crippen LogP contribution < -0.4 is 0 Å². The number of ether oxygens (including phenoxy) is 1. The molecule has 0 aromatic heterocycles. The average molecular weight is 184 g/mol. The molecule has 0 saturated heterocycles. The van der Waals surface area contributed by atoms with Crippen LogP contribution in [0.2, 0.25) is 0 Å². The highest BCUT2D eigenvalue weighted by atomic mass is 19.1. The Kier molecular flexibility index (Phi) is 4.43. The molecule has 0 fully saturated rings. The van der Waals surface area contributed by atoms with E-state index >= 15 is 0 Å². The average Bonchev–Trinajstić information content (AvgIpc) is 2.19. The predicted octanol–water partition coefficient (Wildman–Crippen LogP) is 1.53. The van der Waals surface area contributed by atoms with Crippen LogP contribution in [-0.2, 0) is 11.3 Å². The molecule has 3 heteroatoms. The molecule has 2 nitrogen and oxygen atoms in total. The third kappa shape index (κ3) is 4.01. The molecule has 0 aliphatic heterocycles. The van der Waals surface area contributed by atoms with Gasteiger partial charge in [-0.2, -0.15) is 0 Å². The summed E-state index contributed by atoms with van der Waals surface area (Å²) >= 11 is 0. The first-order valence-electron chi connectivity index (χ1n) is 4.19. The molecule has 0 amide bonds. The van der Waals surface area contributed by atoms with Gasteiger partial charge in [-0.1, -0.05) is 30.3 Å². The second kappa shape index (κ2) is 5.67. The fourth-order valence-corrected chi connectivity index (χ4v) is 0.932. The van der Waals surface area contributed by atoms with Crippen molar-refractivity contribution in [1.29, 1.82) is 0 Å². The van der Waals surface area contributed by atoms with Gasteiger partial charge in [0.25, 0.3) is 0 Å². The Morgan fingerprint density at radius 2 is 2.00 bits per heavy atom. The highest BCUT2D eigenvalue weighted by Gasteiger charge is 2.03. The van der Waals surface area contributed by atoms with Gasteiger partial charge >= 0.3 is 0 Å². The molecule has 72 valence electrons. The third-order valence-electron chi connectivity index (χ3n) is 1.61. The largest absolute Gasteiger partial charge is 0.393 e. The Labute approximate surface area is 77.0 Å². The lowest BCUT2D eigenvalue weighted by Gasteiger charge is -2.05. The highest BCUT2D eigenvalue weighted by Crippen LogP contribution is 2.01. The van der Waals surface area contributed by atoms with Gasteiger partial charge in [-0.05, 0) is 5.56 Å². The summed E-state index contributed by atoms with van der Waals surface area (Å²) in [6.45, 7) is -0.137. The minimum absolute atomic E-state index is 0.0502. The minimum atomic E-state index is -1.27. The first-order chi connectivity index (χ1) is 6.33. The van der Waals surface area contributed by atoms with Crippen LogP contribution in [0.4, 0.5) is 4.39 Å². The normalized spacial score (nSPS) is 12.8. The molecule has 0 spiro atoms. The van der Waals surface area contributed by atoms with Crippen molar-refractivity contribution in [2.45, 2.75) is 12.8 Å². The van der Waals surface area contributed by atoms with E-state index in [4.69, 9.17) is 9.84 Å². The van der Waals surface area contributed by atoms with Crippen LogP contribution >= 0.6 is 0 Å². The number of aliphatic hydroxyl groups is 1. The van der Waals surface area contributed by atoms with E-state index in [0.717, 1.165) is 5.56 Å². The summed E-state index contributed by atoms with van der Waals surface area (Å²) in [5, 5.41) is 8.38. The van der Waals surface area contributed by atoms with E-state index in [2.05, 4.69) is 0 Å². The molecule has 0 aliphatic carbocycles. The predicted molar refractivity (Wildman–Crippen MR) is 48.1 cm³/mol. The van der Waals surface area contributed by atoms with Crippen molar-refractivity contribution in [3.63, 3.8) is 0 Å². The van der Waals surface area contributed by atoms with Crippen LogP contribution in [0.5, 0.6) is 0 Å². The van der Waals surface area contributed by atoms with Gasteiger partial charge in [-0.3, -0.25) is 0 Å². The molecule has 0 radical (unpaired) electrons. The number of rotatable bonds is 5. The Morgan fingerprint density at radius 3 is 2.62 bits per heavy atom. The van der Waals surface area contributed by atoms with Crippen molar-refractivity contribution in [3.8, 4) is 0 Å². The quantitative estimate of drug-likeness (QED) is 0.752. The third-order valence-corrected chi connectivity index (χ3v) is 1.61. The van der Waals surface area contributed by atoms with Crippen LogP contribution in [0.3, 0.4) is 0 Å². The first-order valence-corrected chi connectivity index (χ1v) is 4.19. The summed E-state index contributed by atoms with van der Waals surface area (Å²) in [5.41, 5.74) is 1.01. The molecule has 0 saturated carbocycles. The van der Waals surface area contributed by atoms with Crippen LogP contribution in [0.15, 0.2) is 30.3 Å². The summed E-state index contributed by atoms with van der Waals surface area (Å²) in [5.74, 6) is 0.